The van der Waals surface area contributed by atoms with E-state index in [0.717, 1.165) is 16.4 Å². The first-order valence-corrected chi connectivity index (χ1v) is 10.6. The molecule has 3 N–H and O–H groups in total. The van der Waals surface area contributed by atoms with E-state index in [-0.39, 0.29) is 21.8 Å². The van der Waals surface area contributed by atoms with Gasteiger partial charge in [-0.25, -0.2) is 8.42 Å². The van der Waals surface area contributed by atoms with Gasteiger partial charge in [-0.15, -0.1) is 0 Å². The minimum Gasteiger partial charge on any atom is -0.366 e. The third kappa shape index (κ3) is 5.08. The molecule has 0 saturated heterocycles. The number of hydrogen-bond donors (Lipinski definition) is 2. The van der Waals surface area contributed by atoms with Crippen LogP contribution in [0.3, 0.4) is 0 Å². The quantitative estimate of drug-likeness (QED) is 0.394. The first kappa shape index (κ1) is 22.4. The number of nitrogens with zero attached hydrogens (tertiary/aromatic N) is 2. The predicted octanol–water partition coefficient (Wildman–Crippen LogP) is 2.53. The van der Waals surface area contributed by atoms with E-state index < -0.39 is 33.3 Å². The molecule has 0 aliphatic carbocycles. The molecule has 2 amide bonds. The van der Waals surface area contributed by atoms with Gasteiger partial charge in [0, 0.05) is 23.4 Å². The molecule has 3 aromatic carbocycles. The third-order valence-corrected chi connectivity index (χ3v) is 6.21. The van der Waals surface area contributed by atoms with E-state index in [9.17, 15) is 28.1 Å². The second kappa shape index (κ2) is 9.27. The Hall–Kier alpha value is -4.25. The molecule has 0 aliphatic heterocycles. The Morgan fingerprint density at radius 2 is 1.53 bits per heavy atom. The number of amides is 2. The van der Waals surface area contributed by atoms with Crippen molar-refractivity contribution in [2.45, 2.75) is 4.90 Å². The maximum Gasteiger partial charge on any atom is 0.269 e. The number of benzene rings is 3. The third-order valence-electron chi connectivity index (χ3n) is 4.42. The number of carbonyl (C=O) groups is 2. The number of non-ortho nitro benzene ring substituents is 1. The van der Waals surface area contributed by atoms with Gasteiger partial charge in [-0.2, -0.15) is 0 Å². The number of sulfonamides is 1. The van der Waals surface area contributed by atoms with Gasteiger partial charge in [-0.1, -0.05) is 18.2 Å². The van der Waals surface area contributed by atoms with E-state index in [1.54, 1.807) is 18.2 Å². The molecule has 0 aliphatic rings. The van der Waals surface area contributed by atoms with Crippen LogP contribution >= 0.6 is 0 Å². The van der Waals surface area contributed by atoms with Crippen LogP contribution in [0.15, 0.2) is 83.8 Å². The summed E-state index contributed by atoms with van der Waals surface area (Å²) in [4.78, 5) is 34.1. The summed E-state index contributed by atoms with van der Waals surface area (Å²) in [6, 6.07) is 18.1. The Morgan fingerprint density at radius 1 is 0.938 bits per heavy atom. The molecule has 3 aromatic rings. The number of primary amides is 1. The fourth-order valence-electron chi connectivity index (χ4n) is 2.82. The topological polar surface area (TPSA) is 153 Å². The second-order valence-electron chi connectivity index (χ2n) is 6.59. The molecule has 10 nitrogen and oxygen atoms in total. The van der Waals surface area contributed by atoms with Crippen molar-refractivity contribution in [3.8, 4) is 0 Å². The van der Waals surface area contributed by atoms with Gasteiger partial charge in [0.15, 0.2) is 0 Å². The van der Waals surface area contributed by atoms with Gasteiger partial charge >= 0.3 is 0 Å². The molecule has 0 fully saturated rings. The highest BCUT2D eigenvalue weighted by Gasteiger charge is 2.27. The van der Waals surface area contributed by atoms with Crippen LogP contribution in [0.25, 0.3) is 0 Å². The molecular weight excluding hydrogens is 436 g/mol. The molecule has 0 spiro atoms. The maximum absolute atomic E-state index is 13.2. The molecule has 0 atom stereocenters. The zero-order chi connectivity index (χ0) is 23.3. The van der Waals surface area contributed by atoms with E-state index in [4.69, 9.17) is 5.73 Å². The summed E-state index contributed by atoms with van der Waals surface area (Å²) >= 11 is 0. The Balaban J connectivity index is 1.90. The predicted molar refractivity (Wildman–Crippen MR) is 118 cm³/mol. The molecule has 0 bridgehead atoms. The molecule has 164 valence electrons. The van der Waals surface area contributed by atoms with Gasteiger partial charge in [0.1, 0.15) is 6.54 Å². The van der Waals surface area contributed by atoms with Crippen molar-refractivity contribution in [2.75, 3.05) is 16.2 Å². The molecule has 0 saturated carbocycles. The van der Waals surface area contributed by atoms with Crippen molar-refractivity contribution in [2.24, 2.45) is 5.73 Å². The summed E-state index contributed by atoms with van der Waals surface area (Å²) in [5.41, 5.74) is 5.64. The highest BCUT2D eigenvalue weighted by atomic mass is 32.2. The highest BCUT2D eigenvalue weighted by molar-refractivity contribution is 7.92. The van der Waals surface area contributed by atoms with Crippen molar-refractivity contribution in [3.63, 3.8) is 0 Å². The smallest absolute Gasteiger partial charge is 0.269 e. The average Bonchev–Trinajstić information content (AvgIpc) is 2.78. The number of nitrogens with one attached hydrogen (secondary N) is 1. The van der Waals surface area contributed by atoms with Crippen LogP contribution in [-0.2, 0) is 14.8 Å². The lowest BCUT2D eigenvalue weighted by atomic mass is 10.2. The molecule has 0 heterocycles. The van der Waals surface area contributed by atoms with Crippen LogP contribution in [0.1, 0.15) is 10.4 Å². The van der Waals surface area contributed by atoms with Gasteiger partial charge in [0.2, 0.25) is 11.8 Å². The highest BCUT2D eigenvalue weighted by Crippen LogP contribution is 2.26. The number of nitrogens with two attached hydrogens (primary N) is 1. The first-order valence-electron chi connectivity index (χ1n) is 9.20. The Bertz CT molecular complexity index is 1240. The van der Waals surface area contributed by atoms with E-state index in [1.165, 1.54) is 48.5 Å². The molecular formula is C21H18N4O6S. The number of nitro groups is 1. The standard InChI is InChI=1S/C21H18N4O6S/c22-21(27)15-6-8-16(9-7-15)23-20(26)14-24(17-10-12-18(13-11-17)25(28)29)32(30,31)19-4-2-1-3-5-19/h1-13H,14H2,(H2,22,27)(H,23,26). The normalized spacial score (nSPS) is 10.9. The minimum atomic E-state index is -4.15. The number of rotatable bonds is 8. The van der Waals surface area contributed by atoms with Crippen LogP contribution in [0.4, 0.5) is 17.1 Å². The Labute approximate surface area is 183 Å². The molecule has 0 unspecified atom stereocenters. The first-order chi connectivity index (χ1) is 15.2. The molecule has 0 radical (unpaired) electrons. The minimum absolute atomic E-state index is 0.0445. The van der Waals surface area contributed by atoms with E-state index in [1.807, 2.05) is 0 Å². The number of hydrogen-bond acceptors (Lipinski definition) is 6. The van der Waals surface area contributed by atoms with Gasteiger partial charge in [0.05, 0.1) is 15.5 Å². The molecule has 32 heavy (non-hydrogen) atoms. The summed E-state index contributed by atoms with van der Waals surface area (Å²) in [6.07, 6.45) is 0. The van der Waals surface area contributed by atoms with Crippen molar-refractivity contribution in [1.82, 2.24) is 0 Å². The molecule has 0 aromatic heterocycles. The Kier molecular flexibility index (Phi) is 6.50. The summed E-state index contributed by atoms with van der Waals surface area (Å²) in [7, 11) is -4.15. The fourth-order valence-corrected chi connectivity index (χ4v) is 4.27. The second-order valence-corrected chi connectivity index (χ2v) is 8.45. The summed E-state index contributed by atoms with van der Waals surface area (Å²) in [5.74, 6) is -1.28. The molecule has 11 heteroatoms. The van der Waals surface area contributed by atoms with Gasteiger partial charge in [0.25, 0.3) is 15.7 Å². The largest absolute Gasteiger partial charge is 0.366 e. The van der Waals surface area contributed by atoms with Crippen molar-refractivity contribution >= 4 is 38.9 Å². The fraction of sp³-hybridized carbons (Fsp3) is 0.0476. The average molecular weight is 454 g/mol. The summed E-state index contributed by atoms with van der Waals surface area (Å²) in [5, 5.41) is 13.5. The summed E-state index contributed by atoms with van der Waals surface area (Å²) in [6.45, 7) is -0.591. The van der Waals surface area contributed by atoms with Crippen LogP contribution in [-0.4, -0.2) is 31.7 Å². The monoisotopic (exact) mass is 454 g/mol. The van der Waals surface area contributed by atoms with Crippen LogP contribution < -0.4 is 15.4 Å². The number of carbonyl (C=O) groups excluding carboxylic acids is 2. The van der Waals surface area contributed by atoms with Crippen molar-refractivity contribution in [1.29, 1.82) is 0 Å². The van der Waals surface area contributed by atoms with Gasteiger partial charge in [-0.3, -0.25) is 24.0 Å². The zero-order valence-corrected chi connectivity index (χ0v) is 17.4. The molecule has 3 rings (SSSR count). The lowest BCUT2D eigenvalue weighted by Gasteiger charge is -2.24. The lowest BCUT2D eigenvalue weighted by Crippen LogP contribution is -2.38. The van der Waals surface area contributed by atoms with Crippen molar-refractivity contribution < 1.29 is 22.9 Å². The van der Waals surface area contributed by atoms with Gasteiger partial charge < -0.3 is 11.1 Å². The Morgan fingerprint density at radius 3 is 2.06 bits per heavy atom. The number of anilines is 2. The number of nitro benzene ring substituents is 1. The van der Waals surface area contributed by atoms with E-state index in [0.29, 0.717) is 5.69 Å². The van der Waals surface area contributed by atoms with Gasteiger partial charge in [-0.05, 0) is 48.5 Å². The maximum atomic E-state index is 13.2. The van der Waals surface area contributed by atoms with E-state index in [2.05, 4.69) is 5.32 Å². The summed E-state index contributed by atoms with van der Waals surface area (Å²) < 4.78 is 27.3. The van der Waals surface area contributed by atoms with Crippen LogP contribution in [0.2, 0.25) is 0 Å². The SMILES string of the molecule is NC(=O)c1ccc(NC(=O)CN(c2ccc([N+](=O)[O-])cc2)S(=O)(=O)c2ccccc2)cc1. The zero-order valence-electron chi connectivity index (χ0n) is 16.5. The van der Waals surface area contributed by atoms with Crippen LogP contribution in [0.5, 0.6) is 0 Å². The van der Waals surface area contributed by atoms with Crippen molar-refractivity contribution in [3.05, 3.63) is 94.5 Å². The van der Waals surface area contributed by atoms with Crippen LogP contribution in [0, 0.1) is 10.1 Å². The lowest BCUT2D eigenvalue weighted by molar-refractivity contribution is -0.384. The van der Waals surface area contributed by atoms with E-state index >= 15 is 0 Å².